The quantitative estimate of drug-likeness (QED) is 0.466. The highest BCUT2D eigenvalue weighted by Crippen LogP contribution is 2.42. The number of hydrogen-bond acceptors (Lipinski definition) is 6. The van der Waals surface area contributed by atoms with Crippen LogP contribution in [0.15, 0.2) is 48.8 Å². The molecule has 2 aliphatic rings. The number of nitrogens with zero attached hydrogens (tertiary/aromatic N) is 4. The molecule has 0 amide bonds. The molecule has 7 nitrogen and oxygen atoms in total. The lowest BCUT2D eigenvalue weighted by atomic mass is 10.0. The van der Waals surface area contributed by atoms with Gasteiger partial charge in [0.25, 0.3) is 5.78 Å². The van der Waals surface area contributed by atoms with Gasteiger partial charge in [0.05, 0.1) is 17.0 Å². The first-order valence-corrected chi connectivity index (χ1v) is 8.09. The second-order valence-electron chi connectivity index (χ2n) is 6.10. The van der Waals surface area contributed by atoms with E-state index in [0.717, 1.165) is 11.1 Å². The highest BCUT2D eigenvalue weighted by atomic mass is 16.7. The van der Waals surface area contributed by atoms with Crippen molar-refractivity contribution in [2.45, 2.75) is 0 Å². The molecule has 6 rings (SSSR count). The van der Waals surface area contributed by atoms with E-state index in [2.05, 4.69) is 15.1 Å². The van der Waals surface area contributed by atoms with Crippen LogP contribution in [-0.4, -0.2) is 32.2 Å². The summed E-state index contributed by atoms with van der Waals surface area (Å²) in [5.41, 5.74) is 4.08. The fourth-order valence-corrected chi connectivity index (χ4v) is 3.59. The Morgan fingerprint density at radius 1 is 1.00 bits per heavy atom. The molecule has 0 unspecified atom stereocenters. The van der Waals surface area contributed by atoms with Gasteiger partial charge < -0.3 is 9.47 Å². The van der Waals surface area contributed by atoms with Crippen molar-refractivity contribution in [3.8, 4) is 34.0 Å². The van der Waals surface area contributed by atoms with Gasteiger partial charge in [-0.05, 0) is 18.2 Å². The molecule has 0 atom stereocenters. The van der Waals surface area contributed by atoms with Crippen molar-refractivity contribution in [2.24, 2.45) is 0 Å². The highest BCUT2D eigenvalue weighted by Gasteiger charge is 2.33. The molecule has 26 heavy (non-hydrogen) atoms. The fourth-order valence-electron chi connectivity index (χ4n) is 3.59. The summed E-state index contributed by atoms with van der Waals surface area (Å²) < 4.78 is 12.5. The van der Waals surface area contributed by atoms with Crippen LogP contribution >= 0.6 is 0 Å². The zero-order valence-electron chi connectivity index (χ0n) is 13.3. The van der Waals surface area contributed by atoms with Gasteiger partial charge in [-0.15, -0.1) is 0 Å². The summed E-state index contributed by atoms with van der Waals surface area (Å²) in [4.78, 5) is 21.9. The molecule has 0 spiro atoms. The lowest BCUT2D eigenvalue weighted by molar-refractivity contribution is 0.104. The Labute approximate surface area is 146 Å². The third kappa shape index (κ3) is 1.61. The number of rotatable bonds is 1. The smallest absolute Gasteiger partial charge is 0.253 e. The predicted octanol–water partition coefficient (Wildman–Crippen LogP) is 2.73. The van der Waals surface area contributed by atoms with Crippen molar-refractivity contribution in [1.82, 2.24) is 19.6 Å². The molecule has 0 saturated heterocycles. The Kier molecular flexibility index (Phi) is 2.43. The van der Waals surface area contributed by atoms with Crippen molar-refractivity contribution in [3.63, 3.8) is 0 Å². The van der Waals surface area contributed by atoms with Gasteiger partial charge in [0.2, 0.25) is 6.79 Å². The van der Waals surface area contributed by atoms with Gasteiger partial charge in [0.1, 0.15) is 6.33 Å². The minimum atomic E-state index is -0.0619. The third-order valence-corrected chi connectivity index (χ3v) is 4.73. The summed E-state index contributed by atoms with van der Waals surface area (Å²) >= 11 is 0. The second-order valence-corrected chi connectivity index (χ2v) is 6.10. The molecule has 0 bridgehead atoms. The van der Waals surface area contributed by atoms with Gasteiger partial charge in [-0.1, -0.05) is 24.3 Å². The fraction of sp³-hybridized carbons (Fsp3) is 0.0526. The molecule has 4 aromatic rings. The molecule has 0 N–H and O–H groups in total. The lowest BCUT2D eigenvalue weighted by Crippen LogP contribution is -2.06. The first-order valence-electron chi connectivity index (χ1n) is 8.09. The predicted molar refractivity (Wildman–Crippen MR) is 91.2 cm³/mol. The summed E-state index contributed by atoms with van der Waals surface area (Å²) in [6.45, 7) is 0.191. The van der Waals surface area contributed by atoms with E-state index in [1.807, 2.05) is 42.5 Å². The van der Waals surface area contributed by atoms with Crippen molar-refractivity contribution in [3.05, 3.63) is 59.9 Å². The minimum absolute atomic E-state index is 0.0619. The third-order valence-electron chi connectivity index (χ3n) is 4.73. The molecule has 7 heteroatoms. The normalized spacial score (nSPS) is 13.9. The van der Waals surface area contributed by atoms with Crippen molar-refractivity contribution in [1.29, 1.82) is 0 Å². The van der Waals surface area contributed by atoms with E-state index in [4.69, 9.17) is 9.47 Å². The van der Waals surface area contributed by atoms with E-state index in [-0.39, 0.29) is 12.6 Å². The van der Waals surface area contributed by atoms with Gasteiger partial charge >= 0.3 is 0 Å². The molecule has 3 heterocycles. The average Bonchev–Trinajstić information content (AvgIpc) is 3.39. The maximum absolute atomic E-state index is 13.1. The van der Waals surface area contributed by atoms with E-state index < -0.39 is 0 Å². The van der Waals surface area contributed by atoms with Crippen LogP contribution in [0.3, 0.4) is 0 Å². The van der Waals surface area contributed by atoms with E-state index in [9.17, 15) is 4.79 Å². The highest BCUT2D eigenvalue weighted by molar-refractivity contribution is 6.23. The van der Waals surface area contributed by atoms with Crippen LogP contribution in [0.25, 0.3) is 28.3 Å². The molecular formula is C19H10N4O3. The number of carbonyl (C=O) groups is 1. The number of ketones is 1. The largest absolute Gasteiger partial charge is 0.454 e. The summed E-state index contributed by atoms with van der Waals surface area (Å²) in [6, 6.07) is 13.1. The average molecular weight is 342 g/mol. The van der Waals surface area contributed by atoms with Crippen LogP contribution < -0.4 is 9.47 Å². The van der Waals surface area contributed by atoms with Crippen molar-refractivity contribution < 1.29 is 14.3 Å². The monoisotopic (exact) mass is 342 g/mol. The number of benzene rings is 2. The summed E-state index contributed by atoms with van der Waals surface area (Å²) in [7, 11) is 0. The van der Waals surface area contributed by atoms with Crippen LogP contribution in [0.2, 0.25) is 0 Å². The minimum Gasteiger partial charge on any atom is -0.454 e. The molecule has 1 aliphatic heterocycles. The Hall–Kier alpha value is -3.74. The van der Waals surface area contributed by atoms with Gasteiger partial charge in [0.15, 0.2) is 17.3 Å². The first-order chi connectivity index (χ1) is 12.8. The number of ether oxygens (including phenoxy) is 2. The number of aromatic nitrogens is 4. The molecule has 2 aromatic heterocycles. The Balaban J connectivity index is 1.72. The van der Waals surface area contributed by atoms with E-state index >= 15 is 0 Å². The van der Waals surface area contributed by atoms with Crippen LogP contribution in [0, 0.1) is 0 Å². The summed E-state index contributed by atoms with van der Waals surface area (Å²) in [5, 5.41) is 4.28. The number of fused-ring (bicyclic) bond motifs is 5. The standard InChI is InChI=1S/C19H10N4O3/c24-18-12-4-2-1-3-11(12)16-15(18)17(23-19(22-16)20-8-21-23)10-5-6-13-14(7-10)26-9-25-13/h1-8H,9H2. The zero-order valence-corrected chi connectivity index (χ0v) is 13.3. The van der Waals surface area contributed by atoms with Crippen LogP contribution in [0.5, 0.6) is 11.5 Å². The van der Waals surface area contributed by atoms with Gasteiger partial charge in [-0.25, -0.2) is 4.98 Å². The molecule has 1 aliphatic carbocycles. The molecule has 124 valence electrons. The van der Waals surface area contributed by atoms with Crippen LogP contribution in [-0.2, 0) is 0 Å². The topological polar surface area (TPSA) is 78.6 Å². The molecule has 0 saturated carbocycles. The summed E-state index contributed by atoms with van der Waals surface area (Å²) in [6.07, 6.45) is 1.43. The molecule has 2 aromatic carbocycles. The van der Waals surface area contributed by atoms with Gasteiger partial charge in [-0.3, -0.25) is 4.79 Å². The van der Waals surface area contributed by atoms with Crippen molar-refractivity contribution >= 4 is 11.6 Å². The number of hydrogen-bond donors (Lipinski definition) is 0. The first kappa shape index (κ1) is 13.5. The van der Waals surface area contributed by atoms with Crippen LogP contribution in [0.4, 0.5) is 0 Å². The Bertz CT molecular complexity index is 1250. The van der Waals surface area contributed by atoms with Gasteiger partial charge in [-0.2, -0.15) is 14.6 Å². The van der Waals surface area contributed by atoms with Crippen molar-refractivity contribution in [2.75, 3.05) is 6.79 Å². The van der Waals surface area contributed by atoms with E-state index in [1.54, 1.807) is 4.52 Å². The second kappa shape index (κ2) is 4.66. The Morgan fingerprint density at radius 3 is 2.77 bits per heavy atom. The van der Waals surface area contributed by atoms with Crippen LogP contribution in [0.1, 0.15) is 15.9 Å². The Morgan fingerprint density at radius 2 is 1.85 bits per heavy atom. The zero-order chi connectivity index (χ0) is 17.3. The maximum atomic E-state index is 13.1. The lowest BCUT2D eigenvalue weighted by Gasteiger charge is -2.10. The van der Waals surface area contributed by atoms with E-state index in [0.29, 0.717) is 39.8 Å². The maximum Gasteiger partial charge on any atom is 0.253 e. The SMILES string of the molecule is O=C1c2ccccc2-c2nc3ncnn3c(-c3ccc4c(c3)OCO4)c21. The summed E-state index contributed by atoms with van der Waals surface area (Å²) in [5.74, 6) is 1.71. The van der Waals surface area contributed by atoms with Gasteiger partial charge in [0, 0.05) is 16.7 Å². The molecule has 0 fully saturated rings. The van der Waals surface area contributed by atoms with E-state index in [1.165, 1.54) is 6.33 Å². The number of carbonyl (C=O) groups excluding carboxylic acids is 1. The molecular weight excluding hydrogens is 332 g/mol. The molecule has 0 radical (unpaired) electrons.